The molecule has 0 radical (unpaired) electrons. The Balaban J connectivity index is 1.89. The number of amides is 2. The number of H-pyrrole nitrogens is 1. The number of para-hydroxylation sites is 1. The Bertz CT molecular complexity index is 1010. The number of nitrogens with one attached hydrogen (secondary N) is 1. The normalized spacial score (nSPS) is 23.9. The monoisotopic (exact) mass is 406 g/mol. The predicted octanol–water partition coefficient (Wildman–Crippen LogP) is 1.12. The standard InChI is InChI=1S/C17H14N2O6S2/c1-25-8-5-3-2-4-7(8)10-11-13(26-14-12(10)27-17(24)18-14)16(23)19(15(11)22)6-9(20)21/h2-5,10-11,13H,6H2,1H3,(H,18,24)(H,20,21)/t10-,11?,13?/m0/s1. The van der Waals surface area contributed by atoms with Crippen molar-refractivity contribution in [1.82, 2.24) is 9.88 Å². The fraction of sp³-hybridized carbons (Fsp3) is 0.294. The molecule has 1 aromatic heterocycles. The Labute approximate surface area is 161 Å². The van der Waals surface area contributed by atoms with Gasteiger partial charge in [-0.1, -0.05) is 41.3 Å². The van der Waals surface area contributed by atoms with Gasteiger partial charge in [0.05, 0.1) is 18.1 Å². The quantitative estimate of drug-likeness (QED) is 0.731. The number of rotatable bonds is 4. The van der Waals surface area contributed by atoms with E-state index in [2.05, 4.69) is 4.98 Å². The molecule has 2 N–H and O–H groups in total. The highest BCUT2D eigenvalue weighted by Gasteiger charge is 2.56. The van der Waals surface area contributed by atoms with Gasteiger partial charge in [-0.05, 0) is 6.07 Å². The van der Waals surface area contributed by atoms with Gasteiger partial charge in [-0.15, -0.1) is 0 Å². The van der Waals surface area contributed by atoms with Gasteiger partial charge in [-0.25, -0.2) is 0 Å². The Kier molecular flexibility index (Phi) is 4.31. The SMILES string of the molecule is COc1ccccc1[C@@H]1c2sc(=O)[nH]c2SC2C(=O)N(CC(=O)O)C(=O)C21. The molecule has 27 heavy (non-hydrogen) atoms. The first-order valence-electron chi connectivity index (χ1n) is 8.02. The molecule has 3 heterocycles. The van der Waals surface area contributed by atoms with Crippen molar-refractivity contribution in [3.63, 3.8) is 0 Å². The summed E-state index contributed by atoms with van der Waals surface area (Å²) < 4.78 is 5.43. The summed E-state index contributed by atoms with van der Waals surface area (Å²) in [7, 11) is 1.51. The number of carbonyl (C=O) groups is 3. The predicted molar refractivity (Wildman–Crippen MR) is 97.3 cm³/mol. The minimum Gasteiger partial charge on any atom is -0.496 e. The number of imide groups is 1. The molecule has 1 fully saturated rings. The van der Waals surface area contributed by atoms with Gasteiger partial charge < -0.3 is 14.8 Å². The molecule has 140 valence electrons. The van der Waals surface area contributed by atoms with Crippen LogP contribution in [0.2, 0.25) is 0 Å². The number of hydrogen-bond acceptors (Lipinski definition) is 7. The van der Waals surface area contributed by atoms with E-state index >= 15 is 0 Å². The Hall–Kier alpha value is -2.59. The largest absolute Gasteiger partial charge is 0.496 e. The topological polar surface area (TPSA) is 117 Å². The molecule has 0 saturated carbocycles. The zero-order chi connectivity index (χ0) is 19.3. The third-order valence-corrected chi connectivity index (χ3v) is 7.08. The minimum atomic E-state index is -1.25. The third-order valence-electron chi connectivity index (χ3n) is 4.68. The van der Waals surface area contributed by atoms with E-state index in [1.807, 2.05) is 0 Å². The van der Waals surface area contributed by atoms with Crippen molar-refractivity contribution in [2.24, 2.45) is 5.92 Å². The maximum absolute atomic E-state index is 13.0. The summed E-state index contributed by atoms with van der Waals surface area (Å²) in [5.74, 6) is -3.16. The van der Waals surface area contributed by atoms with Crippen LogP contribution in [-0.4, -0.2) is 51.7 Å². The number of ether oxygens (including phenoxy) is 1. The number of thioether (sulfide) groups is 1. The van der Waals surface area contributed by atoms with Crippen molar-refractivity contribution in [1.29, 1.82) is 0 Å². The first-order chi connectivity index (χ1) is 12.9. The molecule has 0 aliphatic carbocycles. The number of carbonyl (C=O) groups excluding carboxylic acids is 2. The lowest BCUT2D eigenvalue weighted by Crippen LogP contribution is -2.36. The van der Waals surface area contributed by atoms with Gasteiger partial charge in [0.1, 0.15) is 17.5 Å². The fourth-order valence-corrected chi connectivity index (χ4v) is 6.15. The van der Waals surface area contributed by atoms with Crippen molar-refractivity contribution >= 4 is 40.9 Å². The summed E-state index contributed by atoms with van der Waals surface area (Å²) in [5.41, 5.74) is 0.685. The average Bonchev–Trinajstić information content (AvgIpc) is 3.12. The number of hydrogen-bond donors (Lipinski definition) is 2. The number of methoxy groups -OCH3 is 1. The van der Waals surface area contributed by atoms with Gasteiger partial charge in [-0.2, -0.15) is 0 Å². The molecule has 0 bridgehead atoms. The number of aromatic amines is 1. The highest BCUT2D eigenvalue weighted by molar-refractivity contribution is 8.00. The average molecular weight is 406 g/mol. The highest BCUT2D eigenvalue weighted by Crippen LogP contribution is 2.53. The number of aromatic nitrogens is 1. The van der Waals surface area contributed by atoms with Gasteiger partial charge in [0, 0.05) is 16.4 Å². The summed E-state index contributed by atoms with van der Waals surface area (Å²) >= 11 is 2.11. The Morgan fingerprint density at radius 3 is 2.70 bits per heavy atom. The zero-order valence-electron chi connectivity index (χ0n) is 14.0. The molecular weight excluding hydrogens is 392 g/mol. The van der Waals surface area contributed by atoms with Crippen LogP contribution in [0.4, 0.5) is 0 Å². The molecule has 2 aromatic rings. The van der Waals surface area contributed by atoms with Crippen molar-refractivity contribution in [3.05, 3.63) is 44.4 Å². The maximum Gasteiger partial charge on any atom is 0.323 e. The first-order valence-corrected chi connectivity index (χ1v) is 9.71. The number of fused-ring (bicyclic) bond motifs is 2. The zero-order valence-corrected chi connectivity index (χ0v) is 15.6. The van der Waals surface area contributed by atoms with Crippen LogP contribution in [0.5, 0.6) is 5.75 Å². The van der Waals surface area contributed by atoms with E-state index in [0.717, 1.165) is 28.0 Å². The lowest BCUT2D eigenvalue weighted by molar-refractivity contribution is -0.149. The second-order valence-corrected chi connectivity index (χ2v) is 8.31. The molecule has 10 heteroatoms. The number of likely N-dealkylation sites (tertiary alicyclic amines) is 1. The van der Waals surface area contributed by atoms with E-state index in [-0.39, 0.29) is 4.87 Å². The minimum absolute atomic E-state index is 0.269. The van der Waals surface area contributed by atoms with Crippen molar-refractivity contribution in [2.75, 3.05) is 13.7 Å². The molecule has 2 aliphatic rings. The van der Waals surface area contributed by atoms with Gasteiger partial charge >= 0.3 is 10.8 Å². The molecule has 2 aliphatic heterocycles. The number of carboxylic acid groups (broad SMARTS) is 1. The van der Waals surface area contributed by atoms with Crippen LogP contribution in [0.3, 0.4) is 0 Å². The molecule has 2 unspecified atom stereocenters. The Morgan fingerprint density at radius 1 is 1.26 bits per heavy atom. The van der Waals surface area contributed by atoms with E-state index in [4.69, 9.17) is 9.84 Å². The van der Waals surface area contributed by atoms with Crippen molar-refractivity contribution in [2.45, 2.75) is 16.2 Å². The molecule has 8 nitrogen and oxygen atoms in total. The number of thiazole rings is 1. The smallest absolute Gasteiger partial charge is 0.323 e. The Morgan fingerprint density at radius 2 is 2.00 bits per heavy atom. The second kappa shape index (κ2) is 6.54. The fourth-order valence-electron chi connectivity index (χ4n) is 3.62. The van der Waals surface area contributed by atoms with Gasteiger partial charge in [0.15, 0.2) is 0 Å². The summed E-state index contributed by atoms with van der Waals surface area (Å²) in [6.07, 6.45) is 0. The molecule has 3 atom stereocenters. The molecule has 4 rings (SSSR count). The van der Waals surface area contributed by atoms with E-state index in [9.17, 15) is 19.2 Å². The molecule has 0 spiro atoms. The highest BCUT2D eigenvalue weighted by atomic mass is 32.2. The van der Waals surface area contributed by atoms with Crippen LogP contribution in [0.15, 0.2) is 34.1 Å². The van der Waals surface area contributed by atoms with Crippen LogP contribution in [0.1, 0.15) is 16.4 Å². The molecule has 1 aromatic carbocycles. The second-order valence-electron chi connectivity index (χ2n) is 6.15. The van der Waals surface area contributed by atoms with Gasteiger partial charge in [0.25, 0.3) is 0 Å². The van der Waals surface area contributed by atoms with Crippen LogP contribution in [0.25, 0.3) is 0 Å². The van der Waals surface area contributed by atoms with Crippen LogP contribution >= 0.6 is 23.1 Å². The summed E-state index contributed by atoms with van der Waals surface area (Å²) in [4.78, 5) is 52.7. The van der Waals surface area contributed by atoms with Gasteiger partial charge in [0.2, 0.25) is 11.8 Å². The summed E-state index contributed by atoms with van der Waals surface area (Å²) in [6.45, 7) is -0.673. The summed E-state index contributed by atoms with van der Waals surface area (Å²) in [5, 5.41) is 8.81. The lowest BCUT2D eigenvalue weighted by Gasteiger charge is -2.30. The van der Waals surface area contributed by atoms with E-state index in [0.29, 0.717) is 21.2 Å². The molecular formula is C17H14N2O6S2. The van der Waals surface area contributed by atoms with Crippen LogP contribution < -0.4 is 9.61 Å². The van der Waals surface area contributed by atoms with Crippen molar-refractivity contribution in [3.8, 4) is 5.75 Å². The van der Waals surface area contributed by atoms with E-state index in [1.165, 1.54) is 7.11 Å². The molecule has 1 saturated heterocycles. The van der Waals surface area contributed by atoms with E-state index in [1.54, 1.807) is 24.3 Å². The number of carboxylic acids is 1. The number of aliphatic carboxylic acids is 1. The lowest BCUT2D eigenvalue weighted by atomic mass is 9.82. The summed E-state index contributed by atoms with van der Waals surface area (Å²) in [6, 6.07) is 7.12. The van der Waals surface area contributed by atoms with Crippen LogP contribution in [-0.2, 0) is 14.4 Å². The maximum atomic E-state index is 13.0. The third kappa shape index (κ3) is 2.76. The van der Waals surface area contributed by atoms with Crippen molar-refractivity contribution < 1.29 is 24.2 Å². The molecule has 2 amide bonds. The number of nitrogens with zero attached hydrogens (tertiary/aromatic N) is 1. The number of benzene rings is 1. The van der Waals surface area contributed by atoms with E-state index < -0.39 is 41.4 Å². The first kappa shape index (κ1) is 17.8. The van der Waals surface area contributed by atoms with Gasteiger partial charge in [-0.3, -0.25) is 24.1 Å². The van der Waals surface area contributed by atoms with Crippen LogP contribution in [0, 0.1) is 5.92 Å².